The van der Waals surface area contributed by atoms with Gasteiger partial charge >= 0.3 is 0 Å². The van der Waals surface area contributed by atoms with Gasteiger partial charge in [-0.2, -0.15) is 0 Å². The standard InChI is InChI=1S/C19H21ClN2O2/c1-12(2)14-5-8-15(9-6-14)21-18(23)11-19(24)22-16-7-4-13(3)17(20)10-16/h4-10,12H,11H2,1-3H3,(H,21,23)(H,22,24). The lowest BCUT2D eigenvalue weighted by atomic mass is 10.0. The lowest BCUT2D eigenvalue weighted by Gasteiger charge is -2.09. The molecule has 0 aromatic heterocycles. The second kappa shape index (κ2) is 7.97. The van der Waals surface area contributed by atoms with Gasteiger partial charge in [-0.25, -0.2) is 0 Å². The van der Waals surface area contributed by atoms with Crippen molar-refractivity contribution in [1.29, 1.82) is 0 Å². The first-order valence-corrected chi connectivity index (χ1v) is 8.19. The highest BCUT2D eigenvalue weighted by atomic mass is 35.5. The molecule has 0 aliphatic carbocycles. The summed E-state index contributed by atoms with van der Waals surface area (Å²) in [4.78, 5) is 23.9. The molecule has 4 nitrogen and oxygen atoms in total. The summed E-state index contributed by atoms with van der Waals surface area (Å²) in [7, 11) is 0. The van der Waals surface area contributed by atoms with Crippen molar-refractivity contribution in [3.05, 3.63) is 58.6 Å². The van der Waals surface area contributed by atoms with Crippen molar-refractivity contribution in [3.8, 4) is 0 Å². The number of nitrogens with one attached hydrogen (secondary N) is 2. The first-order valence-electron chi connectivity index (χ1n) is 7.81. The average Bonchev–Trinajstić information content (AvgIpc) is 2.51. The van der Waals surface area contributed by atoms with Crippen LogP contribution in [-0.4, -0.2) is 11.8 Å². The third-order valence-electron chi connectivity index (χ3n) is 3.64. The normalized spacial score (nSPS) is 10.5. The van der Waals surface area contributed by atoms with E-state index < -0.39 is 0 Å². The number of hydrogen-bond acceptors (Lipinski definition) is 2. The van der Waals surface area contributed by atoms with E-state index in [9.17, 15) is 9.59 Å². The Hall–Kier alpha value is -2.33. The lowest BCUT2D eigenvalue weighted by Crippen LogP contribution is -2.21. The Bertz CT molecular complexity index is 740. The first-order chi connectivity index (χ1) is 11.3. The van der Waals surface area contributed by atoms with Gasteiger partial charge in [0.15, 0.2) is 0 Å². The smallest absolute Gasteiger partial charge is 0.233 e. The van der Waals surface area contributed by atoms with Crippen LogP contribution in [0.25, 0.3) is 0 Å². The zero-order valence-electron chi connectivity index (χ0n) is 14.0. The van der Waals surface area contributed by atoms with E-state index in [4.69, 9.17) is 11.6 Å². The molecule has 0 unspecified atom stereocenters. The quantitative estimate of drug-likeness (QED) is 0.770. The topological polar surface area (TPSA) is 58.2 Å². The van der Waals surface area contributed by atoms with Gasteiger partial charge in [0.2, 0.25) is 11.8 Å². The van der Waals surface area contributed by atoms with Gasteiger partial charge in [0.1, 0.15) is 6.42 Å². The van der Waals surface area contributed by atoms with E-state index in [0.29, 0.717) is 22.3 Å². The molecule has 0 saturated heterocycles. The number of amides is 2. The summed E-state index contributed by atoms with van der Waals surface area (Å²) in [6.45, 7) is 6.09. The van der Waals surface area contributed by atoms with Crippen LogP contribution >= 0.6 is 11.6 Å². The van der Waals surface area contributed by atoms with Crippen molar-refractivity contribution in [2.45, 2.75) is 33.1 Å². The van der Waals surface area contributed by atoms with E-state index in [1.165, 1.54) is 5.56 Å². The van der Waals surface area contributed by atoms with Crippen LogP contribution in [0.3, 0.4) is 0 Å². The summed E-state index contributed by atoms with van der Waals surface area (Å²) >= 11 is 6.01. The second-order valence-corrected chi connectivity index (χ2v) is 6.42. The molecule has 2 aromatic carbocycles. The number of benzene rings is 2. The fourth-order valence-electron chi connectivity index (χ4n) is 2.18. The molecular formula is C19H21ClN2O2. The minimum Gasteiger partial charge on any atom is -0.326 e. The summed E-state index contributed by atoms with van der Waals surface area (Å²) in [6.07, 6.45) is -0.253. The van der Waals surface area contributed by atoms with Crippen molar-refractivity contribution < 1.29 is 9.59 Å². The molecule has 0 bridgehead atoms. The summed E-state index contributed by atoms with van der Waals surface area (Å²) in [6, 6.07) is 12.8. The van der Waals surface area contributed by atoms with E-state index in [2.05, 4.69) is 24.5 Å². The maximum absolute atomic E-state index is 12.0. The molecule has 0 aliphatic rings. The van der Waals surface area contributed by atoms with Crippen LogP contribution in [0.1, 0.15) is 37.3 Å². The summed E-state index contributed by atoms with van der Waals surface area (Å²) in [5, 5.41) is 5.96. The van der Waals surface area contributed by atoms with Crippen molar-refractivity contribution in [3.63, 3.8) is 0 Å². The number of carbonyl (C=O) groups is 2. The molecule has 2 N–H and O–H groups in total. The van der Waals surface area contributed by atoms with Gasteiger partial charge in [0.05, 0.1) is 0 Å². The van der Waals surface area contributed by atoms with Crippen LogP contribution in [0.15, 0.2) is 42.5 Å². The van der Waals surface area contributed by atoms with E-state index >= 15 is 0 Å². The Labute approximate surface area is 147 Å². The third kappa shape index (κ3) is 5.10. The van der Waals surface area contributed by atoms with Gasteiger partial charge < -0.3 is 10.6 Å². The highest BCUT2D eigenvalue weighted by molar-refractivity contribution is 6.31. The molecule has 0 saturated carbocycles. The summed E-state index contributed by atoms with van der Waals surface area (Å²) in [5.74, 6) is -0.309. The Morgan fingerprint density at radius 3 is 2.04 bits per heavy atom. The molecule has 0 heterocycles. The Morgan fingerprint density at radius 2 is 1.50 bits per heavy atom. The molecule has 2 aromatic rings. The monoisotopic (exact) mass is 344 g/mol. The SMILES string of the molecule is Cc1ccc(NC(=O)CC(=O)Nc2ccc(C(C)C)cc2)cc1Cl. The second-order valence-electron chi connectivity index (χ2n) is 6.01. The maximum Gasteiger partial charge on any atom is 0.233 e. The molecular weight excluding hydrogens is 324 g/mol. The predicted molar refractivity (Wildman–Crippen MR) is 98.6 cm³/mol. The number of anilines is 2. The van der Waals surface area contributed by atoms with Crippen LogP contribution in [0, 0.1) is 6.92 Å². The highest BCUT2D eigenvalue weighted by Crippen LogP contribution is 2.20. The highest BCUT2D eigenvalue weighted by Gasteiger charge is 2.11. The van der Waals surface area contributed by atoms with Gasteiger partial charge in [0.25, 0.3) is 0 Å². The van der Waals surface area contributed by atoms with Crippen LogP contribution in [0.2, 0.25) is 5.02 Å². The summed E-state index contributed by atoms with van der Waals surface area (Å²) in [5.41, 5.74) is 3.37. The third-order valence-corrected chi connectivity index (χ3v) is 4.05. The number of hydrogen-bond donors (Lipinski definition) is 2. The largest absolute Gasteiger partial charge is 0.326 e. The summed E-state index contributed by atoms with van der Waals surface area (Å²) < 4.78 is 0. The predicted octanol–water partition coefficient (Wildman–Crippen LogP) is 4.74. The fraction of sp³-hybridized carbons (Fsp3) is 0.263. The molecule has 0 atom stereocenters. The molecule has 0 spiro atoms. The molecule has 24 heavy (non-hydrogen) atoms. The molecule has 0 radical (unpaired) electrons. The Morgan fingerprint density at radius 1 is 0.958 bits per heavy atom. The van der Waals surface area contributed by atoms with E-state index in [-0.39, 0.29) is 18.2 Å². The maximum atomic E-state index is 12.0. The van der Waals surface area contributed by atoms with Gasteiger partial charge in [0, 0.05) is 16.4 Å². The van der Waals surface area contributed by atoms with Crippen molar-refractivity contribution in [2.75, 3.05) is 10.6 Å². The first kappa shape index (κ1) is 18.0. The number of carbonyl (C=O) groups excluding carboxylic acids is 2. The molecule has 2 rings (SSSR count). The van der Waals surface area contributed by atoms with E-state index in [1.807, 2.05) is 37.3 Å². The van der Waals surface area contributed by atoms with Crippen LogP contribution in [0.5, 0.6) is 0 Å². The Kier molecular flexibility index (Phi) is 5.99. The minimum absolute atomic E-state index is 0.253. The van der Waals surface area contributed by atoms with Crippen LogP contribution < -0.4 is 10.6 Å². The lowest BCUT2D eigenvalue weighted by molar-refractivity contribution is -0.123. The molecule has 5 heteroatoms. The zero-order chi connectivity index (χ0) is 17.7. The van der Waals surface area contributed by atoms with E-state index in [0.717, 1.165) is 5.56 Å². The van der Waals surface area contributed by atoms with Gasteiger partial charge in [-0.05, 0) is 48.2 Å². The minimum atomic E-state index is -0.383. The molecule has 0 aliphatic heterocycles. The average molecular weight is 345 g/mol. The van der Waals surface area contributed by atoms with Crippen molar-refractivity contribution in [1.82, 2.24) is 0 Å². The van der Waals surface area contributed by atoms with Gasteiger partial charge in [-0.1, -0.05) is 43.6 Å². The molecule has 2 amide bonds. The van der Waals surface area contributed by atoms with Crippen molar-refractivity contribution in [2.24, 2.45) is 0 Å². The fourth-order valence-corrected chi connectivity index (χ4v) is 2.36. The Balaban J connectivity index is 1.89. The van der Waals surface area contributed by atoms with E-state index in [1.54, 1.807) is 12.1 Å². The van der Waals surface area contributed by atoms with Crippen molar-refractivity contribution >= 4 is 34.8 Å². The van der Waals surface area contributed by atoms with Crippen LogP contribution in [-0.2, 0) is 9.59 Å². The molecule has 0 fully saturated rings. The number of aryl methyl sites for hydroxylation is 1. The zero-order valence-corrected chi connectivity index (χ0v) is 14.8. The van der Waals surface area contributed by atoms with Gasteiger partial charge in [-0.15, -0.1) is 0 Å². The number of halogens is 1. The van der Waals surface area contributed by atoms with Gasteiger partial charge in [-0.3, -0.25) is 9.59 Å². The number of rotatable bonds is 5. The van der Waals surface area contributed by atoms with Crippen LogP contribution in [0.4, 0.5) is 11.4 Å². The molecule has 126 valence electrons.